The van der Waals surface area contributed by atoms with E-state index in [2.05, 4.69) is 42.3 Å². The standard InChI is InChI=1S/C16H24N4O/c1-19(2)10-11-20(3)9-5-8-16(21)18-15-7-4-6-14(12-15)13-17/h4,6-7,12H,5,8-11H2,1-3H3,(H,18,21). The number of rotatable bonds is 8. The zero-order valence-electron chi connectivity index (χ0n) is 13.1. The van der Waals surface area contributed by atoms with Crippen LogP contribution in [0.25, 0.3) is 0 Å². The molecular weight excluding hydrogens is 264 g/mol. The maximum atomic E-state index is 11.8. The first-order valence-electron chi connectivity index (χ1n) is 7.14. The van der Waals surface area contributed by atoms with Crippen LogP contribution in [-0.4, -0.2) is 56.5 Å². The quantitative estimate of drug-likeness (QED) is 0.792. The van der Waals surface area contributed by atoms with Gasteiger partial charge in [0.25, 0.3) is 0 Å². The molecule has 0 unspecified atom stereocenters. The van der Waals surface area contributed by atoms with E-state index < -0.39 is 0 Å². The third-order valence-corrected chi connectivity index (χ3v) is 3.15. The van der Waals surface area contributed by atoms with Gasteiger partial charge in [-0.3, -0.25) is 4.79 Å². The zero-order chi connectivity index (χ0) is 15.7. The highest BCUT2D eigenvalue weighted by atomic mass is 16.1. The molecule has 0 bridgehead atoms. The van der Waals surface area contributed by atoms with Gasteiger partial charge in [-0.05, 0) is 52.3 Å². The fourth-order valence-corrected chi connectivity index (χ4v) is 1.88. The molecule has 0 spiro atoms. The number of carbonyl (C=O) groups is 1. The average Bonchev–Trinajstić information content (AvgIpc) is 2.45. The molecule has 0 atom stereocenters. The Morgan fingerprint density at radius 3 is 2.67 bits per heavy atom. The van der Waals surface area contributed by atoms with E-state index in [4.69, 9.17) is 5.26 Å². The number of amides is 1. The van der Waals surface area contributed by atoms with Crippen LogP contribution < -0.4 is 5.32 Å². The van der Waals surface area contributed by atoms with Gasteiger partial charge in [0.2, 0.25) is 5.91 Å². The summed E-state index contributed by atoms with van der Waals surface area (Å²) in [5, 5.41) is 11.6. The van der Waals surface area contributed by atoms with Gasteiger partial charge in [-0.25, -0.2) is 0 Å². The van der Waals surface area contributed by atoms with Gasteiger partial charge < -0.3 is 15.1 Å². The number of nitrogens with zero attached hydrogens (tertiary/aromatic N) is 3. The first-order valence-corrected chi connectivity index (χ1v) is 7.14. The molecule has 0 heterocycles. The number of hydrogen-bond donors (Lipinski definition) is 1. The van der Waals surface area contributed by atoms with Crippen molar-refractivity contribution in [1.82, 2.24) is 9.80 Å². The van der Waals surface area contributed by atoms with Gasteiger partial charge in [-0.2, -0.15) is 5.26 Å². The SMILES string of the molecule is CN(C)CCN(C)CCCC(=O)Nc1cccc(C#N)c1. The minimum atomic E-state index is -0.00824. The van der Waals surface area contributed by atoms with E-state index in [9.17, 15) is 4.79 Å². The molecule has 0 aromatic heterocycles. The van der Waals surface area contributed by atoms with E-state index in [1.54, 1.807) is 24.3 Å². The summed E-state index contributed by atoms with van der Waals surface area (Å²) >= 11 is 0. The van der Waals surface area contributed by atoms with E-state index >= 15 is 0 Å². The molecule has 0 aliphatic carbocycles. The topological polar surface area (TPSA) is 59.4 Å². The molecule has 0 saturated heterocycles. The predicted octanol–water partition coefficient (Wildman–Crippen LogP) is 1.77. The van der Waals surface area contributed by atoms with Crippen molar-refractivity contribution in [1.29, 1.82) is 5.26 Å². The van der Waals surface area contributed by atoms with Crippen LogP contribution in [0.3, 0.4) is 0 Å². The Hall–Kier alpha value is -1.90. The molecule has 0 aliphatic heterocycles. The summed E-state index contributed by atoms with van der Waals surface area (Å²) in [6.45, 7) is 2.92. The first-order chi connectivity index (χ1) is 10.0. The number of benzene rings is 1. The highest BCUT2D eigenvalue weighted by Crippen LogP contribution is 2.10. The van der Waals surface area contributed by atoms with Crippen LogP contribution in [0.5, 0.6) is 0 Å². The molecule has 0 radical (unpaired) electrons. The van der Waals surface area contributed by atoms with Crippen molar-refractivity contribution < 1.29 is 4.79 Å². The minimum Gasteiger partial charge on any atom is -0.326 e. The number of likely N-dealkylation sites (N-methyl/N-ethyl adjacent to an activating group) is 2. The molecule has 1 aromatic carbocycles. The average molecular weight is 288 g/mol. The lowest BCUT2D eigenvalue weighted by Crippen LogP contribution is -2.29. The van der Waals surface area contributed by atoms with Gasteiger partial charge >= 0.3 is 0 Å². The van der Waals surface area contributed by atoms with Gasteiger partial charge in [-0.15, -0.1) is 0 Å². The molecule has 1 N–H and O–H groups in total. The molecule has 5 nitrogen and oxygen atoms in total. The lowest BCUT2D eigenvalue weighted by Gasteiger charge is -2.18. The molecule has 0 saturated carbocycles. The molecule has 1 aromatic rings. The maximum Gasteiger partial charge on any atom is 0.224 e. The minimum absolute atomic E-state index is 0.00824. The van der Waals surface area contributed by atoms with E-state index in [0.29, 0.717) is 17.7 Å². The Morgan fingerprint density at radius 2 is 2.00 bits per heavy atom. The summed E-state index contributed by atoms with van der Waals surface area (Å²) in [6, 6.07) is 9.02. The van der Waals surface area contributed by atoms with Crippen molar-refractivity contribution in [3.63, 3.8) is 0 Å². The normalized spacial score (nSPS) is 10.7. The van der Waals surface area contributed by atoms with Crippen molar-refractivity contribution in [2.75, 3.05) is 46.1 Å². The van der Waals surface area contributed by atoms with Gasteiger partial charge in [0.15, 0.2) is 0 Å². The molecule has 1 rings (SSSR count). The second-order valence-corrected chi connectivity index (χ2v) is 5.45. The fourth-order valence-electron chi connectivity index (χ4n) is 1.88. The van der Waals surface area contributed by atoms with Crippen molar-refractivity contribution in [2.45, 2.75) is 12.8 Å². The Kier molecular flexibility index (Phi) is 7.44. The summed E-state index contributed by atoms with van der Waals surface area (Å²) in [5.41, 5.74) is 1.23. The van der Waals surface area contributed by atoms with Crippen molar-refractivity contribution >= 4 is 11.6 Å². The Balaban J connectivity index is 2.26. The number of hydrogen-bond acceptors (Lipinski definition) is 4. The van der Waals surface area contributed by atoms with Gasteiger partial charge in [0, 0.05) is 25.2 Å². The van der Waals surface area contributed by atoms with Crippen molar-refractivity contribution in [3.05, 3.63) is 29.8 Å². The monoisotopic (exact) mass is 288 g/mol. The molecule has 0 aliphatic rings. The van der Waals surface area contributed by atoms with Crippen LogP contribution in [0.4, 0.5) is 5.69 Å². The van der Waals surface area contributed by atoms with E-state index in [0.717, 1.165) is 26.1 Å². The maximum absolute atomic E-state index is 11.8. The molecule has 0 fully saturated rings. The largest absolute Gasteiger partial charge is 0.326 e. The van der Waals surface area contributed by atoms with Crippen LogP contribution in [0.1, 0.15) is 18.4 Å². The van der Waals surface area contributed by atoms with Crippen LogP contribution in [0, 0.1) is 11.3 Å². The summed E-state index contributed by atoms with van der Waals surface area (Å²) in [5.74, 6) is -0.00824. The van der Waals surface area contributed by atoms with Crippen molar-refractivity contribution in [2.24, 2.45) is 0 Å². The van der Waals surface area contributed by atoms with Crippen LogP contribution in [0.15, 0.2) is 24.3 Å². The summed E-state index contributed by atoms with van der Waals surface area (Å²) in [6.07, 6.45) is 1.32. The summed E-state index contributed by atoms with van der Waals surface area (Å²) in [4.78, 5) is 16.2. The molecule has 1 amide bonds. The smallest absolute Gasteiger partial charge is 0.224 e. The first kappa shape index (κ1) is 17.2. The third kappa shape index (κ3) is 7.45. The van der Waals surface area contributed by atoms with Gasteiger partial charge in [0.05, 0.1) is 11.6 Å². The number of carbonyl (C=O) groups excluding carboxylic acids is 1. The number of nitrogens with one attached hydrogen (secondary N) is 1. The Labute approximate surface area is 127 Å². The third-order valence-electron chi connectivity index (χ3n) is 3.15. The highest BCUT2D eigenvalue weighted by Gasteiger charge is 2.05. The zero-order valence-corrected chi connectivity index (χ0v) is 13.1. The number of anilines is 1. The second-order valence-electron chi connectivity index (χ2n) is 5.45. The second kappa shape index (κ2) is 9.11. The van der Waals surface area contributed by atoms with Crippen LogP contribution in [0.2, 0.25) is 0 Å². The summed E-state index contributed by atoms with van der Waals surface area (Å²) < 4.78 is 0. The number of nitriles is 1. The lowest BCUT2D eigenvalue weighted by molar-refractivity contribution is -0.116. The van der Waals surface area contributed by atoms with Gasteiger partial charge in [0.1, 0.15) is 0 Å². The molecule has 21 heavy (non-hydrogen) atoms. The van der Waals surface area contributed by atoms with Crippen LogP contribution in [-0.2, 0) is 4.79 Å². The fraction of sp³-hybridized carbons (Fsp3) is 0.500. The molecule has 5 heteroatoms. The van der Waals surface area contributed by atoms with E-state index in [1.807, 2.05) is 0 Å². The Morgan fingerprint density at radius 1 is 1.24 bits per heavy atom. The van der Waals surface area contributed by atoms with Crippen molar-refractivity contribution in [3.8, 4) is 6.07 Å². The van der Waals surface area contributed by atoms with Gasteiger partial charge in [-0.1, -0.05) is 6.07 Å². The highest BCUT2D eigenvalue weighted by molar-refractivity contribution is 5.90. The lowest BCUT2D eigenvalue weighted by atomic mass is 10.2. The predicted molar refractivity (Wildman–Crippen MR) is 85.1 cm³/mol. The Bertz CT molecular complexity index is 493. The molecule has 114 valence electrons. The molecular formula is C16H24N4O. The van der Waals surface area contributed by atoms with E-state index in [1.165, 1.54) is 0 Å². The van der Waals surface area contributed by atoms with Crippen LogP contribution >= 0.6 is 0 Å². The van der Waals surface area contributed by atoms with E-state index in [-0.39, 0.29) is 5.91 Å². The summed E-state index contributed by atoms with van der Waals surface area (Å²) in [7, 11) is 6.17.